The molecule has 156 valence electrons. The van der Waals surface area contributed by atoms with E-state index in [1.165, 1.54) is 13.4 Å². The molecular weight excluding hydrogens is 388 g/mol. The second-order valence-electron chi connectivity index (χ2n) is 7.39. The molecule has 0 bridgehead atoms. The van der Waals surface area contributed by atoms with Crippen molar-refractivity contribution >= 4 is 22.9 Å². The minimum absolute atomic E-state index is 0.217. The molecule has 0 spiro atoms. The maximum atomic E-state index is 12.4. The Labute approximate surface area is 172 Å². The van der Waals surface area contributed by atoms with E-state index in [4.69, 9.17) is 0 Å². The van der Waals surface area contributed by atoms with Gasteiger partial charge in [-0.1, -0.05) is 0 Å². The van der Waals surface area contributed by atoms with E-state index in [2.05, 4.69) is 47.6 Å². The van der Waals surface area contributed by atoms with Crippen LogP contribution in [0, 0.1) is 17.3 Å². The van der Waals surface area contributed by atoms with Crippen LogP contribution in [-0.2, 0) is 4.79 Å². The molecular formula is C19H22N8O3. The van der Waals surface area contributed by atoms with Crippen LogP contribution in [0.25, 0.3) is 11.2 Å². The van der Waals surface area contributed by atoms with E-state index in [0.29, 0.717) is 22.7 Å². The van der Waals surface area contributed by atoms with Gasteiger partial charge in [-0.15, -0.1) is 0 Å². The van der Waals surface area contributed by atoms with Gasteiger partial charge in [0, 0.05) is 20.3 Å². The summed E-state index contributed by atoms with van der Waals surface area (Å²) in [5.74, 6) is 6.18. The Morgan fingerprint density at radius 1 is 1.33 bits per heavy atom. The van der Waals surface area contributed by atoms with Gasteiger partial charge in [-0.2, -0.15) is 5.10 Å². The van der Waals surface area contributed by atoms with Gasteiger partial charge >= 0.3 is 0 Å². The first-order valence-corrected chi connectivity index (χ1v) is 9.41. The van der Waals surface area contributed by atoms with Crippen LogP contribution in [0.5, 0.6) is 0 Å². The molecule has 1 saturated carbocycles. The number of hydrogen-bond donors (Lipinski definition) is 5. The van der Waals surface area contributed by atoms with Gasteiger partial charge in [-0.25, -0.2) is 15.0 Å². The van der Waals surface area contributed by atoms with E-state index in [1.807, 2.05) is 0 Å². The number of carbonyl (C=O) groups excluding carboxylic acids is 1. The van der Waals surface area contributed by atoms with Crippen molar-refractivity contribution in [2.24, 2.45) is 5.41 Å². The summed E-state index contributed by atoms with van der Waals surface area (Å²) in [5.41, 5.74) is 0.423. The number of aromatic amines is 1. The fourth-order valence-corrected chi connectivity index (χ4v) is 3.88. The Kier molecular flexibility index (Phi) is 4.89. The number of nitrogens with one attached hydrogen (secondary N) is 3. The number of amides is 1. The van der Waals surface area contributed by atoms with Gasteiger partial charge in [-0.05, 0) is 31.3 Å². The van der Waals surface area contributed by atoms with E-state index < -0.39 is 23.7 Å². The number of aliphatic hydroxyl groups excluding tert-OH is 2. The number of rotatable bonds is 3. The average molecular weight is 410 g/mol. The van der Waals surface area contributed by atoms with Gasteiger partial charge in [0.05, 0.1) is 23.9 Å². The monoisotopic (exact) mass is 410 g/mol. The molecule has 1 amide bonds. The molecule has 3 aromatic heterocycles. The topological polar surface area (TPSA) is 154 Å². The average Bonchev–Trinajstić information content (AvgIpc) is 3.47. The van der Waals surface area contributed by atoms with E-state index in [1.54, 1.807) is 30.8 Å². The van der Waals surface area contributed by atoms with Crippen LogP contribution in [0.1, 0.15) is 30.9 Å². The van der Waals surface area contributed by atoms with Crippen molar-refractivity contribution in [3.8, 4) is 11.8 Å². The standard InChI is InChI=1S/C19H22N8O3/c1-19(18(30)21-3)8-11(14(28)15(19)29)27-9-22-13-16(20-2)24-12(25-17(13)27)5-4-10-6-7-23-26-10/h6-7,9,11,14-15,28-29H,8H2,1-3H3,(H,21,30)(H,23,26)(H,20,24,25)/t11-,14+,15+,19?/m1/s1. The number of hydrogen-bond acceptors (Lipinski definition) is 8. The molecule has 30 heavy (non-hydrogen) atoms. The molecule has 4 rings (SSSR count). The summed E-state index contributed by atoms with van der Waals surface area (Å²) in [7, 11) is 3.22. The highest BCUT2D eigenvalue weighted by atomic mass is 16.3. The number of carbonyl (C=O) groups is 1. The number of fused-ring (bicyclic) bond motifs is 1. The number of imidazole rings is 1. The molecule has 1 aliphatic rings. The van der Waals surface area contributed by atoms with E-state index >= 15 is 0 Å². The van der Waals surface area contributed by atoms with Crippen LogP contribution in [0.15, 0.2) is 18.6 Å². The molecule has 3 heterocycles. The molecule has 1 fully saturated rings. The van der Waals surface area contributed by atoms with Gasteiger partial charge in [0.1, 0.15) is 11.8 Å². The molecule has 1 aliphatic carbocycles. The summed E-state index contributed by atoms with van der Waals surface area (Å²) in [5, 5.41) is 33.4. The number of nitrogens with zero attached hydrogens (tertiary/aromatic N) is 5. The summed E-state index contributed by atoms with van der Waals surface area (Å²) in [4.78, 5) is 25.6. The Hall–Kier alpha value is -3.49. The Bertz CT molecular complexity index is 1150. The SMILES string of the molecule is CNC(=O)C1(C)C[C@@H](n2cnc3c(NC)nc(C#Cc4ccn[nH]4)nc32)[C@H](O)[C@@H]1O. The van der Waals surface area contributed by atoms with Crippen LogP contribution in [0.2, 0.25) is 0 Å². The van der Waals surface area contributed by atoms with Crippen molar-refractivity contribution in [2.45, 2.75) is 31.6 Å². The zero-order chi connectivity index (χ0) is 21.5. The largest absolute Gasteiger partial charge is 0.389 e. The summed E-state index contributed by atoms with van der Waals surface area (Å²) in [6.07, 6.45) is 0.942. The molecule has 4 atom stereocenters. The van der Waals surface area contributed by atoms with Crippen LogP contribution < -0.4 is 10.6 Å². The Morgan fingerprint density at radius 3 is 2.80 bits per heavy atom. The van der Waals surface area contributed by atoms with Gasteiger partial charge in [-0.3, -0.25) is 9.89 Å². The van der Waals surface area contributed by atoms with E-state index in [0.717, 1.165) is 0 Å². The van der Waals surface area contributed by atoms with Crippen LogP contribution >= 0.6 is 0 Å². The molecule has 11 nitrogen and oxygen atoms in total. The minimum Gasteiger partial charge on any atom is -0.389 e. The van der Waals surface area contributed by atoms with Gasteiger partial charge in [0.15, 0.2) is 17.0 Å². The number of aliphatic hydroxyl groups is 2. The fourth-order valence-electron chi connectivity index (χ4n) is 3.88. The molecule has 0 radical (unpaired) electrons. The predicted molar refractivity (Wildman–Crippen MR) is 107 cm³/mol. The first kappa shape index (κ1) is 19.8. The molecule has 1 unspecified atom stereocenters. The Morgan fingerprint density at radius 2 is 2.13 bits per heavy atom. The first-order valence-electron chi connectivity index (χ1n) is 9.41. The summed E-state index contributed by atoms with van der Waals surface area (Å²) >= 11 is 0. The van der Waals surface area contributed by atoms with E-state index in [9.17, 15) is 15.0 Å². The lowest BCUT2D eigenvalue weighted by atomic mass is 9.85. The van der Waals surface area contributed by atoms with Gasteiger partial charge in [0.25, 0.3) is 0 Å². The lowest BCUT2D eigenvalue weighted by Crippen LogP contribution is -2.45. The zero-order valence-electron chi connectivity index (χ0n) is 16.7. The predicted octanol–water partition coefficient (Wildman–Crippen LogP) is -0.590. The van der Waals surface area contributed by atoms with Crippen molar-refractivity contribution in [1.29, 1.82) is 0 Å². The Balaban J connectivity index is 1.78. The zero-order valence-corrected chi connectivity index (χ0v) is 16.7. The molecule has 0 aromatic carbocycles. The van der Waals surface area contributed by atoms with Crippen molar-refractivity contribution in [1.82, 2.24) is 35.0 Å². The summed E-state index contributed by atoms with van der Waals surface area (Å²) in [6, 6.07) is 1.13. The lowest BCUT2D eigenvalue weighted by molar-refractivity contribution is -0.136. The summed E-state index contributed by atoms with van der Waals surface area (Å²) < 4.78 is 1.67. The quantitative estimate of drug-likeness (QED) is 0.359. The van der Waals surface area contributed by atoms with Crippen molar-refractivity contribution in [3.63, 3.8) is 0 Å². The fraction of sp³-hybridized carbons (Fsp3) is 0.421. The molecule has 0 saturated heterocycles. The number of anilines is 1. The normalized spacial score (nSPS) is 25.7. The van der Waals surface area contributed by atoms with Crippen LogP contribution in [0.3, 0.4) is 0 Å². The molecule has 3 aromatic rings. The third kappa shape index (κ3) is 3.06. The second-order valence-corrected chi connectivity index (χ2v) is 7.39. The van der Waals surface area contributed by atoms with Crippen molar-refractivity contribution in [3.05, 3.63) is 30.1 Å². The third-order valence-corrected chi connectivity index (χ3v) is 5.57. The van der Waals surface area contributed by atoms with Crippen LogP contribution in [-0.4, -0.2) is 72.1 Å². The summed E-state index contributed by atoms with van der Waals surface area (Å²) in [6.45, 7) is 1.63. The number of aromatic nitrogens is 6. The second kappa shape index (κ2) is 7.40. The maximum absolute atomic E-state index is 12.4. The highest BCUT2D eigenvalue weighted by Gasteiger charge is 2.54. The van der Waals surface area contributed by atoms with E-state index in [-0.39, 0.29) is 18.2 Å². The molecule has 5 N–H and O–H groups in total. The van der Waals surface area contributed by atoms with Crippen molar-refractivity contribution < 1.29 is 15.0 Å². The van der Waals surface area contributed by atoms with Crippen LogP contribution in [0.4, 0.5) is 5.82 Å². The lowest BCUT2D eigenvalue weighted by Gasteiger charge is -2.26. The van der Waals surface area contributed by atoms with Crippen molar-refractivity contribution in [2.75, 3.05) is 19.4 Å². The molecule has 11 heteroatoms. The first-order chi connectivity index (χ1) is 14.4. The minimum atomic E-state index is -1.23. The highest BCUT2D eigenvalue weighted by molar-refractivity contribution is 5.85. The number of H-pyrrole nitrogens is 1. The highest BCUT2D eigenvalue weighted by Crippen LogP contribution is 2.45. The van der Waals surface area contributed by atoms with Gasteiger partial charge in [0.2, 0.25) is 11.7 Å². The smallest absolute Gasteiger partial charge is 0.228 e. The van der Waals surface area contributed by atoms with Gasteiger partial charge < -0.3 is 25.4 Å². The molecule has 0 aliphatic heterocycles. The maximum Gasteiger partial charge on any atom is 0.228 e. The third-order valence-electron chi connectivity index (χ3n) is 5.57.